The van der Waals surface area contributed by atoms with Crippen LogP contribution in [0.25, 0.3) is 0 Å². The molecule has 29 heavy (non-hydrogen) atoms. The molecule has 0 saturated heterocycles. The Kier molecular flexibility index (Phi) is 5.57. The molecule has 2 heterocycles. The highest BCUT2D eigenvalue weighted by molar-refractivity contribution is 5.89. The van der Waals surface area contributed by atoms with E-state index in [-0.39, 0.29) is 30.5 Å². The number of hydrogen-bond donors (Lipinski definition) is 1. The van der Waals surface area contributed by atoms with Crippen LogP contribution in [-0.4, -0.2) is 30.4 Å². The zero-order valence-electron chi connectivity index (χ0n) is 14.5. The largest absolute Gasteiger partial charge is 0.309 e. The van der Waals surface area contributed by atoms with Crippen molar-refractivity contribution in [3.8, 4) is 0 Å². The highest BCUT2D eigenvalue weighted by Crippen LogP contribution is 2.20. The number of nitro groups is 1. The highest BCUT2D eigenvalue weighted by Gasteiger charge is 2.19. The van der Waals surface area contributed by atoms with Crippen molar-refractivity contribution in [2.75, 3.05) is 5.32 Å². The molecule has 152 valence electrons. The molecule has 2 aromatic heterocycles. The lowest BCUT2D eigenvalue weighted by Gasteiger charge is -2.07. The Hall–Kier alpha value is -3.77. The third kappa shape index (κ3) is 4.56. The van der Waals surface area contributed by atoms with Crippen molar-refractivity contribution in [3.63, 3.8) is 0 Å². The molecular formula is C16H12F4N6O3. The number of carbonyl (C=O) groups excluding carboxylic acids is 1. The number of hydrogen-bond acceptors (Lipinski definition) is 5. The summed E-state index contributed by atoms with van der Waals surface area (Å²) in [6.07, 6.45) is 3.40. The highest BCUT2D eigenvalue weighted by atomic mass is 19.2. The van der Waals surface area contributed by atoms with Gasteiger partial charge >= 0.3 is 5.69 Å². The van der Waals surface area contributed by atoms with Crippen LogP contribution in [0.3, 0.4) is 0 Å². The molecule has 1 aromatic carbocycles. The number of aryl methyl sites for hydroxylation is 1. The van der Waals surface area contributed by atoms with Crippen molar-refractivity contribution in [3.05, 3.63) is 69.7 Å². The number of anilines is 1. The molecule has 1 N–H and O–H groups in total. The molecule has 0 radical (unpaired) electrons. The van der Waals surface area contributed by atoms with E-state index in [4.69, 9.17) is 0 Å². The van der Waals surface area contributed by atoms with Crippen molar-refractivity contribution in [2.45, 2.75) is 19.5 Å². The molecule has 0 saturated carbocycles. The molecule has 0 unspecified atom stereocenters. The molecule has 1 amide bonds. The minimum absolute atomic E-state index is 0.0409. The van der Waals surface area contributed by atoms with Crippen molar-refractivity contribution in [1.29, 1.82) is 0 Å². The molecule has 3 rings (SSSR count). The van der Waals surface area contributed by atoms with Crippen molar-refractivity contribution in [1.82, 2.24) is 19.6 Å². The Bertz CT molecular complexity index is 1050. The van der Waals surface area contributed by atoms with Gasteiger partial charge in [0.25, 0.3) is 0 Å². The van der Waals surface area contributed by atoms with Gasteiger partial charge in [-0.2, -0.15) is 10.2 Å². The number of carbonyl (C=O) groups is 1. The van der Waals surface area contributed by atoms with Crippen LogP contribution in [-0.2, 0) is 17.9 Å². The summed E-state index contributed by atoms with van der Waals surface area (Å²) in [5, 5.41) is 20.6. The van der Waals surface area contributed by atoms with E-state index in [1.165, 1.54) is 23.1 Å². The fraction of sp³-hybridized carbons (Fsp3) is 0.188. The van der Waals surface area contributed by atoms with Gasteiger partial charge in [-0.05, 0) is 0 Å². The second-order valence-corrected chi connectivity index (χ2v) is 5.86. The van der Waals surface area contributed by atoms with E-state index in [2.05, 4.69) is 15.5 Å². The monoisotopic (exact) mass is 412 g/mol. The molecule has 0 aliphatic heterocycles. The maximum Gasteiger partial charge on any atom is 0.306 e. The predicted molar refractivity (Wildman–Crippen MR) is 89.7 cm³/mol. The van der Waals surface area contributed by atoms with Crippen LogP contribution in [0.2, 0.25) is 0 Å². The van der Waals surface area contributed by atoms with Gasteiger partial charge in [0.1, 0.15) is 12.4 Å². The van der Waals surface area contributed by atoms with Gasteiger partial charge in [0.2, 0.25) is 5.91 Å². The summed E-state index contributed by atoms with van der Waals surface area (Å²) < 4.78 is 56.2. The molecular weight excluding hydrogens is 400 g/mol. The second-order valence-electron chi connectivity index (χ2n) is 5.86. The van der Waals surface area contributed by atoms with Crippen LogP contribution >= 0.6 is 0 Å². The summed E-state index contributed by atoms with van der Waals surface area (Å²) in [6.45, 7) is -0.529. The van der Waals surface area contributed by atoms with Gasteiger partial charge < -0.3 is 5.32 Å². The van der Waals surface area contributed by atoms with E-state index in [1.807, 2.05) is 0 Å². The number of benzene rings is 1. The van der Waals surface area contributed by atoms with Crippen LogP contribution < -0.4 is 5.32 Å². The number of rotatable bonds is 7. The fourth-order valence-electron chi connectivity index (χ4n) is 2.43. The summed E-state index contributed by atoms with van der Waals surface area (Å²) in [6, 6.07) is 1.43. The molecule has 0 aliphatic carbocycles. The normalized spacial score (nSPS) is 10.9. The molecule has 0 aliphatic rings. The molecule has 9 nitrogen and oxygen atoms in total. The van der Waals surface area contributed by atoms with Crippen LogP contribution in [0.15, 0.2) is 30.7 Å². The summed E-state index contributed by atoms with van der Waals surface area (Å²) >= 11 is 0. The van der Waals surface area contributed by atoms with E-state index in [1.54, 1.807) is 0 Å². The second kappa shape index (κ2) is 8.08. The van der Waals surface area contributed by atoms with Gasteiger partial charge in [0.05, 0.1) is 17.0 Å². The Morgan fingerprint density at radius 2 is 1.86 bits per heavy atom. The van der Waals surface area contributed by atoms with Crippen LogP contribution in [0, 0.1) is 33.4 Å². The number of aromatic nitrogens is 4. The third-order valence-electron chi connectivity index (χ3n) is 3.83. The molecule has 0 bridgehead atoms. The van der Waals surface area contributed by atoms with Gasteiger partial charge in [-0.1, -0.05) is 0 Å². The van der Waals surface area contributed by atoms with Crippen molar-refractivity contribution >= 4 is 17.4 Å². The molecule has 0 spiro atoms. The summed E-state index contributed by atoms with van der Waals surface area (Å²) in [4.78, 5) is 21.9. The maximum absolute atomic E-state index is 13.7. The zero-order chi connectivity index (χ0) is 21.1. The van der Waals surface area contributed by atoms with Gasteiger partial charge in [-0.25, -0.2) is 17.6 Å². The van der Waals surface area contributed by atoms with Gasteiger partial charge in [0.15, 0.2) is 29.1 Å². The van der Waals surface area contributed by atoms with Gasteiger partial charge in [-0.3, -0.25) is 24.3 Å². The Labute approximate surface area is 159 Å². The topological polar surface area (TPSA) is 108 Å². The quantitative estimate of drug-likeness (QED) is 0.278. The lowest BCUT2D eigenvalue weighted by molar-refractivity contribution is -0.385. The van der Waals surface area contributed by atoms with E-state index in [9.17, 15) is 32.5 Å². The van der Waals surface area contributed by atoms with Crippen molar-refractivity contribution < 1.29 is 27.3 Å². The Balaban J connectivity index is 1.60. The minimum atomic E-state index is -1.53. The van der Waals surface area contributed by atoms with Gasteiger partial charge in [0, 0.05) is 31.3 Å². The summed E-state index contributed by atoms with van der Waals surface area (Å²) in [5.74, 6) is -6.57. The first-order valence-corrected chi connectivity index (χ1v) is 8.06. The van der Waals surface area contributed by atoms with Crippen LogP contribution in [0.5, 0.6) is 0 Å². The first-order chi connectivity index (χ1) is 13.7. The standard InChI is InChI=1S/C16H12F4N6O3/c17-11-5-12(18)16(20)10(15(11)19)8-25-3-1-13(23-25)22-14(27)2-4-24-7-9(6-21-24)26(28)29/h1,3,5-7H,2,4,8H2,(H,22,23,27). The fourth-order valence-corrected chi connectivity index (χ4v) is 2.43. The average Bonchev–Trinajstić information content (AvgIpc) is 3.31. The average molecular weight is 412 g/mol. The molecule has 0 atom stereocenters. The van der Waals surface area contributed by atoms with E-state index >= 15 is 0 Å². The van der Waals surface area contributed by atoms with Gasteiger partial charge in [-0.15, -0.1) is 0 Å². The van der Waals surface area contributed by atoms with Crippen LogP contribution in [0.4, 0.5) is 29.1 Å². The molecule has 0 fully saturated rings. The lowest BCUT2D eigenvalue weighted by atomic mass is 10.2. The number of amides is 1. The number of halogens is 4. The number of nitrogens with one attached hydrogen (secondary N) is 1. The SMILES string of the molecule is O=C(CCn1cc([N+](=O)[O-])cn1)Nc1ccn(Cc2c(F)c(F)cc(F)c2F)n1. The summed E-state index contributed by atoms with van der Waals surface area (Å²) in [5.41, 5.74) is -1.05. The predicted octanol–water partition coefficient (Wildman–Crippen LogP) is 2.62. The van der Waals surface area contributed by atoms with E-state index < -0.39 is 46.2 Å². The Morgan fingerprint density at radius 1 is 1.17 bits per heavy atom. The van der Waals surface area contributed by atoms with E-state index in [0.717, 1.165) is 10.9 Å². The Morgan fingerprint density at radius 3 is 2.48 bits per heavy atom. The third-order valence-corrected chi connectivity index (χ3v) is 3.83. The minimum Gasteiger partial charge on any atom is -0.309 e. The van der Waals surface area contributed by atoms with Crippen molar-refractivity contribution in [2.24, 2.45) is 0 Å². The zero-order valence-corrected chi connectivity index (χ0v) is 14.5. The maximum atomic E-state index is 13.7. The molecule has 13 heteroatoms. The van der Waals surface area contributed by atoms with E-state index in [0.29, 0.717) is 0 Å². The summed E-state index contributed by atoms with van der Waals surface area (Å²) in [7, 11) is 0. The smallest absolute Gasteiger partial charge is 0.306 e. The van der Waals surface area contributed by atoms with Crippen LogP contribution in [0.1, 0.15) is 12.0 Å². The first kappa shape index (κ1) is 20.0. The number of nitrogens with zero attached hydrogens (tertiary/aromatic N) is 5. The molecule has 3 aromatic rings. The first-order valence-electron chi connectivity index (χ1n) is 8.06. The lowest BCUT2D eigenvalue weighted by Crippen LogP contribution is -2.15.